The summed E-state index contributed by atoms with van der Waals surface area (Å²) in [4.78, 5) is 17.5. The molecule has 0 saturated carbocycles. The Morgan fingerprint density at radius 1 is 1.61 bits per heavy atom. The van der Waals surface area contributed by atoms with Crippen molar-refractivity contribution in [1.29, 1.82) is 0 Å². The van der Waals surface area contributed by atoms with Gasteiger partial charge in [0.1, 0.15) is 5.00 Å². The molecule has 0 radical (unpaired) electrons. The number of anilines is 2. The maximum atomic E-state index is 12.3. The molecule has 1 aliphatic rings. The molecule has 0 spiro atoms. The third-order valence-electron chi connectivity index (χ3n) is 4.28. The van der Waals surface area contributed by atoms with Gasteiger partial charge in [0.25, 0.3) is 0 Å². The van der Waals surface area contributed by atoms with Gasteiger partial charge < -0.3 is 16.2 Å². The summed E-state index contributed by atoms with van der Waals surface area (Å²) < 4.78 is 0. The van der Waals surface area contributed by atoms with Gasteiger partial charge in [0.05, 0.1) is 11.8 Å². The summed E-state index contributed by atoms with van der Waals surface area (Å²) in [6, 6.07) is 3.85. The minimum atomic E-state index is -0.297. The molecule has 5 nitrogen and oxygen atoms in total. The Morgan fingerprint density at radius 3 is 3.17 bits per heavy atom. The van der Waals surface area contributed by atoms with Crippen LogP contribution in [0.2, 0.25) is 0 Å². The number of aliphatic hydroxyl groups excluding tert-OH is 1. The Kier molecular flexibility index (Phi) is 4.63. The molecule has 0 aliphatic heterocycles. The van der Waals surface area contributed by atoms with Crippen LogP contribution in [0.4, 0.5) is 10.7 Å². The van der Waals surface area contributed by atoms with E-state index >= 15 is 0 Å². The predicted molar refractivity (Wildman–Crippen MR) is 92.7 cm³/mol. The number of carbonyl (C=O) groups is 1. The number of nitrogens with one attached hydrogen (secondary N) is 1. The summed E-state index contributed by atoms with van der Waals surface area (Å²) in [6.45, 7) is 2.01. The van der Waals surface area contributed by atoms with E-state index in [-0.39, 0.29) is 17.9 Å². The minimum absolute atomic E-state index is 0.0489. The topological polar surface area (TPSA) is 88.2 Å². The van der Waals surface area contributed by atoms with Crippen molar-refractivity contribution in [3.63, 3.8) is 0 Å². The quantitative estimate of drug-likeness (QED) is 0.804. The molecule has 2 aromatic heterocycles. The second-order valence-corrected chi connectivity index (χ2v) is 7.19. The molecule has 4 N–H and O–H groups in total. The number of rotatable bonds is 4. The summed E-state index contributed by atoms with van der Waals surface area (Å²) in [7, 11) is 0. The van der Waals surface area contributed by atoms with Crippen molar-refractivity contribution in [1.82, 2.24) is 4.98 Å². The highest BCUT2D eigenvalue weighted by molar-refractivity contribution is 7.17. The Balaban J connectivity index is 1.67. The third kappa shape index (κ3) is 3.54. The third-order valence-corrected chi connectivity index (χ3v) is 5.46. The molecular weight excluding hydrogens is 310 g/mol. The monoisotopic (exact) mass is 331 g/mol. The van der Waals surface area contributed by atoms with Crippen LogP contribution >= 0.6 is 11.3 Å². The van der Waals surface area contributed by atoms with Crippen LogP contribution in [0.3, 0.4) is 0 Å². The zero-order chi connectivity index (χ0) is 16.4. The van der Waals surface area contributed by atoms with Gasteiger partial charge in [-0.15, -0.1) is 11.3 Å². The highest BCUT2D eigenvalue weighted by atomic mass is 32.1. The zero-order valence-corrected chi connectivity index (χ0v) is 13.9. The first-order valence-electron chi connectivity index (χ1n) is 7.82. The van der Waals surface area contributed by atoms with Crippen molar-refractivity contribution in [3.8, 4) is 0 Å². The Hall–Kier alpha value is -1.92. The van der Waals surface area contributed by atoms with Crippen LogP contribution in [-0.4, -0.2) is 22.1 Å². The number of fused-ring (bicyclic) bond motifs is 1. The number of nitrogens with zero attached hydrogens (tertiary/aromatic N) is 1. The van der Waals surface area contributed by atoms with Gasteiger partial charge >= 0.3 is 0 Å². The number of aliphatic hydroxyl groups is 1. The van der Waals surface area contributed by atoms with Crippen LogP contribution in [0.5, 0.6) is 0 Å². The van der Waals surface area contributed by atoms with E-state index in [0.717, 1.165) is 28.8 Å². The van der Waals surface area contributed by atoms with Crippen molar-refractivity contribution in [2.75, 3.05) is 11.1 Å². The van der Waals surface area contributed by atoms with Crippen LogP contribution in [0.25, 0.3) is 0 Å². The van der Waals surface area contributed by atoms with Crippen molar-refractivity contribution in [2.45, 2.75) is 44.6 Å². The van der Waals surface area contributed by atoms with Crippen LogP contribution in [0.15, 0.2) is 24.5 Å². The van der Waals surface area contributed by atoms with Crippen molar-refractivity contribution >= 4 is 27.9 Å². The highest BCUT2D eigenvalue weighted by Crippen LogP contribution is 2.40. The molecule has 2 unspecified atom stereocenters. The molecule has 0 aromatic carbocycles. The van der Waals surface area contributed by atoms with Crippen molar-refractivity contribution < 1.29 is 9.90 Å². The van der Waals surface area contributed by atoms with E-state index in [1.165, 1.54) is 11.3 Å². The molecule has 1 aliphatic carbocycles. The smallest absolute Gasteiger partial charge is 0.225 e. The second kappa shape index (κ2) is 6.68. The summed E-state index contributed by atoms with van der Waals surface area (Å²) in [5.41, 5.74) is 8.97. The molecule has 2 atom stereocenters. The Labute approximate surface area is 139 Å². The van der Waals surface area contributed by atoms with E-state index in [9.17, 15) is 9.90 Å². The molecule has 3 rings (SSSR count). The van der Waals surface area contributed by atoms with Gasteiger partial charge in [0.2, 0.25) is 5.91 Å². The fourth-order valence-electron chi connectivity index (χ4n) is 2.93. The standard InChI is InChI=1S/C17H21N3O2S/c1-10(11-3-2-6-19-9-11)7-15(22)20-17-16(18)13-5-4-12(21)8-14(13)23-17/h2-3,6,9-10,12,21H,4-5,7-8,18H2,1H3,(H,20,22). The number of carbonyl (C=O) groups excluding carboxylic acids is 1. The molecule has 122 valence electrons. The molecule has 23 heavy (non-hydrogen) atoms. The fraction of sp³-hybridized carbons (Fsp3) is 0.412. The van der Waals surface area contributed by atoms with Gasteiger partial charge in [-0.1, -0.05) is 13.0 Å². The van der Waals surface area contributed by atoms with Crippen molar-refractivity contribution in [3.05, 3.63) is 40.5 Å². The maximum Gasteiger partial charge on any atom is 0.225 e. The van der Waals surface area contributed by atoms with E-state index in [1.54, 1.807) is 12.4 Å². The summed E-state index contributed by atoms with van der Waals surface area (Å²) in [5.74, 6) is 0.0496. The first-order chi connectivity index (χ1) is 11.0. The van der Waals surface area contributed by atoms with E-state index in [2.05, 4.69) is 10.3 Å². The molecule has 0 saturated heterocycles. The number of pyridine rings is 1. The van der Waals surface area contributed by atoms with E-state index in [1.807, 2.05) is 19.1 Å². The lowest BCUT2D eigenvalue weighted by Crippen LogP contribution is -2.17. The average molecular weight is 331 g/mol. The largest absolute Gasteiger partial charge is 0.396 e. The van der Waals surface area contributed by atoms with Crippen molar-refractivity contribution in [2.24, 2.45) is 0 Å². The number of aromatic nitrogens is 1. The summed E-state index contributed by atoms with van der Waals surface area (Å²) >= 11 is 1.49. The lowest BCUT2D eigenvalue weighted by atomic mass is 9.96. The van der Waals surface area contributed by atoms with Gasteiger partial charge in [-0.05, 0) is 36.0 Å². The summed E-state index contributed by atoms with van der Waals surface area (Å²) in [6.07, 6.45) is 5.75. The number of amides is 1. The molecule has 1 amide bonds. The van der Waals surface area contributed by atoms with Crippen LogP contribution in [0.1, 0.15) is 41.7 Å². The van der Waals surface area contributed by atoms with Crippen LogP contribution < -0.4 is 11.1 Å². The zero-order valence-electron chi connectivity index (χ0n) is 13.1. The first kappa shape index (κ1) is 16.0. The van der Waals surface area contributed by atoms with Crippen LogP contribution in [-0.2, 0) is 17.6 Å². The normalized spacial score (nSPS) is 18.3. The van der Waals surface area contributed by atoms with E-state index < -0.39 is 0 Å². The SMILES string of the molecule is CC(CC(=O)Nc1sc2c(c1N)CCC(O)C2)c1cccnc1. The van der Waals surface area contributed by atoms with Gasteiger partial charge in [-0.25, -0.2) is 0 Å². The van der Waals surface area contributed by atoms with Gasteiger partial charge in [-0.2, -0.15) is 0 Å². The van der Waals surface area contributed by atoms with E-state index in [4.69, 9.17) is 5.73 Å². The maximum absolute atomic E-state index is 12.3. The first-order valence-corrected chi connectivity index (χ1v) is 8.64. The van der Waals surface area contributed by atoms with E-state index in [0.29, 0.717) is 23.5 Å². The Bertz CT molecular complexity index is 699. The lowest BCUT2D eigenvalue weighted by Gasteiger charge is -2.16. The molecule has 2 aromatic rings. The highest BCUT2D eigenvalue weighted by Gasteiger charge is 2.24. The number of hydrogen-bond donors (Lipinski definition) is 3. The number of nitrogens with two attached hydrogens (primary N) is 1. The number of thiophene rings is 1. The van der Waals surface area contributed by atoms with Gasteiger partial charge in [-0.3, -0.25) is 9.78 Å². The fourth-order valence-corrected chi connectivity index (χ4v) is 4.18. The molecule has 0 fully saturated rings. The molecule has 6 heteroatoms. The average Bonchev–Trinajstić information content (AvgIpc) is 2.83. The number of nitrogen functional groups attached to an aromatic ring is 1. The molecule has 2 heterocycles. The number of hydrogen-bond acceptors (Lipinski definition) is 5. The molecule has 0 bridgehead atoms. The minimum Gasteiger partial charge on any atom is -0.396 e. The predicted octanol–water partition coefficient (Wildman–Crippen LogP) is 2.71. The summed E-state index contributed by atoms with van der Waals surface area (Å²) in [5, 5.41) is 13.4. The second-order valence-electron chi connectivity index (χ2n) is 6.08. The molecular formula is C17H21N3O2S. The lowest BCUT2D eigenvalue weighted by molar-refractivity contribution is -0.116. The Morgan fingerprint density at radius 2 is 2.43 bits per heavy atom. The van der Waals surface area contributed by atoms with Crippen LogP contribution in [0, 0.1) is 0 Å². The van der Waals surface area contributed by atoms with Gasteiger partial charge in [0.15, 0.2) is 0 Å². The van der Waals surface area contributed by atoms with Gasteiger partial charge in [0, 0.05) is 30.1 Å².